The molecule has 7 heavy (non-hydrogen) atoms. The van der Waals surface area contributed by atoms with Gasteiger partial charge < -0.3 is 0 Å². The molecule has 0 aliphatic heterocycles. The van der Waals surface area contributed by atoms with Crippen molar-refractivity contribution in [3.63, 3.8) is 0 Å². The Balaban J connectivity index is 0. The zero-order valence-electron chi connectivity index (χ0n) is 3.50. The predicted octanol–water partition coefficient (Wildman–Crippen LogP) is 1.38. The lowest BCUT2D eigenvalue weighted by molar-refractivity contribution is 0.504. The van der Waals surface area contributed by atoms with Gasteiger partial charge in [0.2, 0.25) is 0 Å². The molecule has 0 aliphatic carbocycles. The standard InChI is InChI=1S/C2H4ClO2P.ClH/c3-1-2-6(4)5;/h1-2H2;1H/p+1. The van der Waals surface area contributed by atoms with Crippen LogP contribution in [0.3, 0.4) is 0 Å². The van der Waals surface area contributed by atoms with Crippen molar-refractivity contribution in [2.75, 3.05) is 12.0 Å². The number of rotatable bonds is 2. The minimum absolute atomic E-state index is 0. The second-order valence-electron chi connectivity index (χ2n) is 0.765. The molecule has 0 fully saturated rings. The van der Waals surface area contributed by atoms with Crippen LogP contribution in [0.2, 0.25) is 0 Å². The molecule has 0 amide bonds. The van der Waals surface area contributed by atoms with E-state index in [1.54, 1.807) is 0 Å². The Labute approximate surface area is 54.1 Å². The van der Waals surface area contributed by atoms with Crippen molar-refractivity contribution in [2.24, 2.45) is 0 Å². The molecular weight excluding hydrogens is 158 g/mol. The molecule has 5 heteroatoms. The fourth-order valence-electron chi connectivity index (χ4n) is 0.0723. The monoisotopic (exact) mass is 163 g/mol. The summed E-state index contributed by atoms with van der Waals surface area (Å²) in [6.07, 6.45) is 0.205. The van der Waals surface area contributed by atoms with Crippen LogP contribution in [0.15, 0.2) is 0 Å². The predicted molar refractivity (Wildman–Crippen MR) is 32.7 cm³/mol. The number of hydrogen-bond acceptors (Lipinski definition) is 1. The maximum atomic E-state index is 9.66. The molecule has 1 N–H and O–H groups in total. The largest absolute Gasteiger partial charge is 0.506 e. The van der Waals surface area contributed by atoms with E-state index in [4.69, 9.17) is 16.5 Å². The average molecular weight is 164 g/mol. The summed E-state index contributed by atoms with van der Waals surface area (Å²) in [5.41, 5.74) is 0. The molecule has 1 unspecified atom stereocenters. The lowest BCUT2D eigenvalue weighted by atomic mass is 11.0. The maximum Gasteiger partial charge on any atom is 0.506 e. The van der Waals surface area contributed by atoms with Crippen molar-refractivity contribution in [3.05, 3.63) is 0 Å². The summed E-state index contributed by atoms with van der Waals surface area (Å²) in [5.74, 6) is 0.270. The van der Waals surface area contributed by atoms with Gasteiger partial charge in [0, 0.05) is 0 Å². The lowest BCUT2D eigenvalue weighted by Gasteiger charge is -1.63. The van der Waals surface area contributed by atoms with Gasteiger partial charge in [-0.15, -0.1) is 24.0 Å². The summed E-state index contributed by atoms with van der Waals surface area (Å²) in [6.45, 7) is 0. The van der Waals surface area contributed by atoms with E-state index in [9.17, 15) is 4.57 Å². The Morgan fingerprint density at radius 1 is 1.71 bits per heavy atom. The van der Waals surface area contributed by atoms with Crippen LogP contribution >= 0.6 is 32.0 Å². The van der Waals surface area contributed by atoms with Crippen LogP contribution in [0.5, 0.6) is 0 Å². The Morgan fingerprint density at radius 2 is 2.14 bits per heavy atom. The summed E-state index contributed by atoms with van der Waals surface area (Å²) in [6, 6.07) is 0. The third-order valence-electron chi connectivity index (χ3n) is 0.276. The van der Waals surface area contributed by atoms with Crippen molar-refractivity contribution in [1.82, 2.24) is 0 Å². The Bertz CT molecular complexity index is 57.7. The third-order valence-corrected chi connectivity index (χ3v) is 1.33. The Kier molecular flexibility index (Phi) is 10.0. The Hall–Kier alpha value is 0.640. The van der Waals surface area contributed by atoms with Gasteiger partial charge in [0.05, 0.1) is 5.88 Å². The van der Waals surface area contributed by atoms with Gasteiger partial charge in [-0.3, -0.25) is 0 Å². The highest BCUT2D eigenvalue weighted by Crippen LogP contribution is 2.10. The molecule has 0 spiro atoms. The van der Waals surface area contributed by atoms with E-state index in [2.05, 4.69) is 0 Å². The van der Waals surface area contributed by atoms with E-state index in [0.29, 0.717) is 0 Å². The number of hydrogen-bond donors (Lipinski definition) is 1. The van der Waals surface area contributed by atoms with E-state index >= 15 is 0 Å². The SMILES string of the molecule is Cl.O=[P+](O)CCCl. The second-order valence-corrected chi connectivity index (χ2v) is 2.29. The Morgan fingerprint density at radius 3 is 2.14 bits per heavy atom. The van der Waals surface area contributed by atoms with Gasteiger partial charge in [0.25, 0.3) is 0 Å². The van der Waals surface area contributed by atoms with Gasteiger partial charge in [0.15, 0.2) is 6.16 Å². The summed E-state index contributed by atoms with van der Waals surface area (Å²) < 4.78 is 9.66. The molecule has 0 rings (SSSR count). The molecule has 0 radical (unpaired) electrons. The maximum absolute atomic E-state index is 9.66. The quantitative estimate of drug-likeness (QED) is 0.494. The summed E-state index contributed by atoms with van der Waals surface area (Å²) >= 11 is 5.05. The molecular formula is C2H6Cl2O2P+. The first-order chi connectivity index (χ1) is 2.77. The third kappa shape index (κ3) is 10.8. The normalized spacial score (nSPS) is 9.71. The highest BCUT2D eigenvalue weighted by Gasteiger charge is 2.04. The van der Waals surface area contributed by atoms with Gasteiger partial charge in [-0.05, 0) is 4.57 Å². The number of alkyl halides is 1. The van der Waals surface area contributed by atoms with Gasteiger partial charge in [-0.25, -0.2) is 0 Å². The van der Waals surface area contributed by atoms with Crippen LogP contribution in [0.4, 0.5) is 0 Å². The van der Waals surface area contributed by atoms with Gasteiger partial charge in [-0.1, -0.05) is 0 Å². The molecule has 0 aromatic carbocycles. The van der Waals surface area contributed by atoms with Gasteiger partial charge in [-0.2, -0.15) is 4.89 Å². The average Bonchev–Trinajstić information content (AvgIpc) is 1.35. The van der Waals surface area contributed by atoms with Crippen molar-refractivity contribution in [2.45, 2.75) is 0 Å². The van der Waals surface area contributed by atoms with Crippen LogP contribution in [0.1, 0.15) is 0 Å². The molecule has 0 saturated carbocycles. The van der Waals surface area contributed by atoms with Crippen molar-refractivity contribution < 1.29 is 9.46 Å². The van der Waals surface area contributed by atoms with E-state index in [1.165, 1.54) is 0 Å². The molecule has 1 atom stereocenters. The summed E-state index contributed by atoms with van der Waals surface area (Å²) in [7, 11) is -1.98. The smallest absolute Gasteiger partial charge is 0.161 e. The van der Waals surface area contributed by atoms with Crippen molar-refractivity contribution >= 4 is 32.0 Å². The van der Waals surface area contributed by atoms with Gasteiger partial charge >= 0.3 is 8.03 Å². The highest BCUT2D eigenvalue weighted by molar-refractivity contribution is 7.38. The van der Waals surface area contributed by atoms with Crippen molar-refractivity contribution in [1.29, 1.82) is 0 Å². The van der Waals surface area contributed by atoms with E-state index in [0.717, 1.165) is 0 Å². The van der Waals surface area contributed by atoms with Crippen molar-refractivity contribution in [3.8, 4) is 0 Å². The molecule has 0 aliphatic rings. The van der Waals surface area contributed by atoms with Crippen LogP contribution in [0, 0.1) is 0 Å². The highest BCUT2D eigenvalue weighted by atomic mass is 35.5. The summed E-state index contributed by atoms with van der Waals surface area (Å²) in [4.78, 5) is 7.98. The summed E-state index contributed by atoms with van der Waals surface area (Å²) in [5, 5.41) is 0. The van der Waals surface area contributed by atoms with Crippen LogP contribution < -0.4 is 0 Å². The van der Waals surface area contributed by atoms with Gasteiger partial charge in [0.1, 0.15) is 0 Å². The first-order valence-electron chi connectivity index (χ1n) is 1.47. The first kappa shape index (κ1) is 10.6. The minimum atomic E-state index is -1.98. The van der Waals surface area contributed by atoms with E-state index in [1.807, 2.05) is 0 Å². The fraction of sp³-hybridized carbons (Fsp3) is 1.00. The zero-order chi connectivity index (χ0) is 4.99. The second kappa shape index (κ2) is 6.64. The zero-order valence-corrected chi connectivity index (χ0v) is 5.97. The van der Waals surface area contributed by atoms with Crippen LogP contribution in [-0.2, 0) is 4.57 Å². The molecule has 0 saturated heterocycles. The van der Waals surface area contributed by atoms with Crippen LogP contribution in [0.25, 0.3) is 0 Å². The molecule has 0 aromatic heterocycles. The molecule has 0 aromatic rings. The topological polar surface area (TPSA) is 37.3 Å². The van der Waals surface area contributed by atoms with Crippen LogP contribution in [-0.4, -0.2) is 16.9 Å². The lowest BCUT2D eigenvalue weighted by Crippen LogP contribution is -1.73. The fourth-order valence-corrected chi connectivity index (χ4v) is 0.651. The number of halogens is 2. The van der Waals surface area contributed by atoms with E-state index in [-0.39, 0.29) is 24.4 Å². The molecule has 2 nitrogen and oxygen atoms in total. The molecule has 44 valence electrons. The molecule has 0 bridgehead atoms. The molecule has 0 heterocycles. The van der Waals surface area contributed by atoms with E-state index < -0.39 is 8.03 Å². The minimum Gasteiger partial charge on any atom is -0.161 e. The first-order valence-corrected chi connectivity index (χ1v) is 3.40.